The molecule has 0 nitrogen and oxygen atoms in total. The smallest absolute Gasteiger partial charge is 0.125 e. The van der Waals surface area contributed by atoms with Crippen molar-refractivity contribution in [3.05, 3.63) is 72.8 Å². The van der Waals surface area contributed by atoms with E-state index in [9.17, 15) is 0 Å². The Morgan fingerprint density at radius 2 is 1.35 bits per heavy atom. The van der Waals surface area contributed by atoms with Crippen LogP contribution in [0.1, 0.15) is 0 Å². The number of rotatable bonds is 1. The molecule has 0 spiro atoms. The summed E-state index contributed by atoms with van der Waals surface area (Å²) in [6.07, 6.45) is 0. The largest absolute Gasteiger partial charge is 1.00 e. The van der Waals surface area contributed by atoms with Crippen LogP contribution in [0.4, 0.5) is 0 Å². The molecule has 0 atom stereocenters. The van der Waals surface area contributed by atoms with Gasteiger partial charge in [-0.2, -0.15) is 0 Å². The molecule has 0 bridgehead atoms. The Balaban J connectivity index is 0.00000108. The molecule has 0 saturated heterocycles. The van der Waals surface area contributed by atoms with E-state index in [4.69, 9.17) is 0 Å². The second-order valence-electron chi connectivity index (χ2n) is 3.83. The molecule has 3 aromatic rings. The predicted molar refractivity (Wildman–Crippen MR) is 68.2 cm³/mol. The normalized spacial score (nSPS) is 9.88. The van der Waals surface area contributed by atoms with Crippen LogP contribution < -0.4 is 29.6 Å². The SMILES string of the molecule is [Na+].[c-]1c(-c2ccccc2)ccc2ccccc12. The van der Waals surface area contributed by atoms with Gasteiger partial charge in [0, 0.05) is 0 Å². The molecule has 1 heteroatoms. The molecule has 0 aromatic heterocycles. The van der Waals surface area contributed by atoms with Gasteiger partial charge in [-0.25, -0.2) is 0 Å². The zero-order valence-corrected chi connectivity index (χ0v) is 11.9. The fraction of sp³-hybridized carbons (Fsp3) is 0. The van der Waals surface area contributed by atoms with Crippen molar-refractivity contribution in [3.63, 3.8) is 0 Å². The summed E-state index contributed by atoms with van der Waals surface area (Å²) in [7, 11) is 0. The molecular weight excluding hydrogens is 215 g/mol. The first-order valence-corrected chi connectivity index (χ1v) is 5.40. The van der Waals surface area contributed by atoms with Crippen molar-refractivity contribution < 1.29 is 29.6 Å². The molecule has 3 aromatic carbocycles. The van der Waals surface area contributed by atoms with Crippen LogP contribution in [-0.2, 0) is 0 Å². The maximum Gasteiger partial charge on any atom is 1.00 e. The van der Waals surface area contributed by atoms with Crippen molar-refractivity contribution in [1.82, 2.24) is 0 Å². The number of fused-ring (bicyclic) bond motifs is 1. The zero-order valence-electron chi connectivity index (χ0n) is 9.85. The Morgan fingerprint density at radius 1 is 0.647 bits per heavy atom. The van der Waals surface area contributed by atoms with Gasteiger partial charge in [0.2, 0.25) is 0 Å². The fourth-order valence-corrected chi connectivity index (χ4v) is 1.90. The van der Waals surface area contributed by atoms with E-state index in [2.05, 4.69) is 60.7 Å². The molecule has 0 aliphatic carbocycles. The summed E-state index contributed by atoms with van der Waals surface area (Å²) in [6.45, 7) is 0. The first-order chi connectivity index (χ1) is 7.93. The predicted octanol–water partition coefficient (Wildman–Crippen LogP) is 1.31. The maximum absolute atomic E-state index is 3.44. The van der Waals surface area contributed by atoms with E-state index in [0.717, 1.165) is 5.56 Å². The molecule has 0 fully saturated rings. The second-order valence-corrected chi connectivity index (χ2v) is 3.83. The van der Waals surface area contributed by atoms with Gasteiger partial charge in [0.25, 0.3) is 0 Å². The molecule has 0 aliphatic rings. The van der Waals surface area contributed by atoms with Crippen LogP contribution in [0.25, 0.3) is 21.9 Å². The topological polar surface area (TPSA) is 0 Å². The van der Waals surface area contributed by atoms with E-state index in [-0.39, 0.29) is 29.6 Å². The first kappa shape index (κ1) is 12.4. The summed E-state index contributed by atoms with van der Waals surface area (Å²) in [5.74, 6) is 0. The van der Waals surface area contributed by atoms with Crippen molar-refractivity contribution in [2.75, 3.05) is 0 Å². The van der Waals surface area contributed by atoms with E-state index < -0.39 is 0 Å². The maximum atomic E-state index is 3.44. The average Bonchev–Trinajstić information content (AvgIpc) is 2.39. The standard InChI is InChI=1S/C16H11.Na/c1-2-6-13(7-3-1)16-11-10-14-8-4-5-9-15(14)12-16;/h1-11H;/q-1;+1. The third-order valence-electron chi connectivity index (χ3n) is 2.74. The van der Waals surface area contributed by atoms with Crippen molar-refractivity contribution in [3.8, 4) is 11.1 Å². The van der Waals surface area contributed by atoms with Crippen LogP contribution in [0.5, 0.6) is 0 Å². The molecule has 0 unspecified atom stereocenters. The van der Waals surface area contributed by atoms with Gasteiger partial charge >= 0.3 is 29.6 Å². The Hall–Kier alpha value is -1.08. The Morgan fingerprint density at radius 3 is 2.18 bits per heavy atom. The number of benzene rings is 3. The van der Waals surface area contributed by atoms with Gasteiger partial charge in [0.05, 0.1) is 0 Å². The summed E-state index contributed by atoms with van der Waals surface area (Å²) >= 11 is 0. The second kappa shape index (κ2) is 5.50. The van der Waals surface area contributed by atoms with Gasteiger partial charge in [0.1, 0.15) is 0 Å². The zero-order chi connectivity index (χ0) is 10.8. The van der Waals surface area contributed by atoms with Crippen molar-refractivity contribution >= 4 is 10.8 Å². The van der Waals surface area contributed by atoms with Gasteiger partial charge in [0.15, 0.2) is 0 Å². The molecule has 3 rings (SSSR count). The Bertz CT molecular complexity index is 615. The van der Waals surface area contributed by atoms with Gasteiger partial charge in [-0.3, -0.25) is 0 Å². The van der Waals surface area contributed by atoms with Gasteiger partial charge in [-0.05, 0) is 0 Å². The molecule has 17 heavy (non-hydrogen) atoms. The average molecular weight is 226 g/mol. The number of hydrogen-bond acceptors (Lipinski definition) is 0. The van der Waals surface area contributed by atoms with E-state index in [0.29, 0.717) is 0 Å². The monoisotopic (exact) mass is 226 g/mol. The van der Waals surface area contributed by atoms with Crippen molar-refractivity contribution in [1.29, 1.82) is 0 Å². The quantitative estimate of drug-likeness (QED) is 0.433. The first-order valence-electron chi connectivity index (χ1n) is 5.40. The third-order valence-corrected chi connectivity index (χ3v) is 2.74. The molecular formula is C16H11Na. The van der Waals surface area contributed by atoms with Crippen LogP contribution in [0.2, 0.25) is 0 Å². The van der Waals surface area contributed by atoms with E-state index in [1.54, 1.807) is 0 Å². The molecule has 0 N–H and O–H groups in total. The summed E-state index contributed by atoms with van der Waals surface area (Å²) in [5.41, 5.74) is 2.37. The minimum atomic E-state index is 0. The minimum absolute atomic E-state index is 0. The molecule has 0 aliphatic heterocycles. The van der Waals surface area contributed by atoms with E-state index in [1.165, 1.54) is 16.3 Å². The summed E-state index contributed by atoms with van der Waals surface area (Å²) in [5, 5.41) is 2.41. The molecule has 76 valence electrons. The van der Waals surface area contributed by atoms with Crippen LogP contribution in [0.15, 0.2) is 66.7 Å². The number of hydrogen-bond donors (Lipinski definition) is 0. The van der Waals surface area contributed by atoms with Gasteiger partial charge in [-0.15, -0.1) is 35.2 Å². The Kier molecular flexibility index (Phi) is 4.01. The van der Waals surface area contributed by atoms with Crippen LogP contribution in [-0.4, -0.2) is 0 Å². The summed E-state index contributed by atoms with van der Waals surface area (Å²) < 4.78 is 0. The van der Waals surface area contributed by atoms with E-state index in [1.807, 2.05) is 12.1 Å². The molecule has 0 radical (unpaired) electrons. The summed E-state index contributed by atoms with van der Waals surface area (Å²) in [4.78, 5) is 0. The van der Waals surface area contributed by atoms with Gasteiger partial charge in [-0.1, -0.05) is 59.5 Å². The van der Waals surface area contributed by atoms with Crippen molar-refractivity contribution in [2.24, 2.45) is 0 Å². The Labute approximate surface area is 124 Å². The minimum Gasteiger partial charge on any atom is -0.125 e. The van der Waals surface area contributed by atoms with Crippen LogP contribution in [0.3, 0.4) is 0 Å². The van der Waals surface area contributed by atoms with E-state index >= 15 is 0 Å². The van der Waals surface area contributed by atoms with Gasteiger partial charge < -0.3 is 0 Å². The molecule has 0 heterocycles. The van der Waals surface area contributed by atoms with Crippen molar-refractivity contribution in [2.45, 2.75) is 0 Å². The summed E-state index contributed by atoms with van der Waals surface area (Å²) in [6, 6.07) is 26.4. The molecule has 0 amide bonds. The van der Waals surface area contributed by atoms with Crippen LogP contribution in [0, 0.1) is 6.07 Å². The third kappa shape index (κ3) is 2.61. The fourth-order valence-electron chi connectivity index (χ4n) is 1.90. The van der Waals surface area contributed by atoms with Crippen LogP contribution >= 0.6 is 0 Å². The molecule has 0 saturated carbocycles.